The van der Waals surface area contributed by atoms with Crippen LogP contribution in [-0.2, 0) is 46.6 Å². The number of nitrogens with two attached hydrogens (primary N) is 1. The number of amidine groups is 1. The number of hydrogen-bond donors (Lipinski definition) is 5. The van der Waals surface area contributed by atoms with Crippen LogP contribution in [0.25, 0.3) is 11.2 Å². The number of rotatable bonds is 12. The molecule has 6 N–H and O–H groups in total. The number of H-pyrrole nitrogens is 2. The highest BCUT2D eigenvalue weighted by molar-refractivity contribution is 8.14. The van der Waals surface area contributed by atoms with E-state index < -0.39 is 0 Å². The van der Waals surface area contributed by atoms with Gasteiger partial charge in [-0.3, -0.25) is 20.0 Å². The summed E-state index contributed by atoms with van der Waals surface area (Å²) in [7, 11) is 13.3. The minimum absolute atomic E-state index is 0.000139. The van der Waals surface area contributed by atoms with Gasteiger partial charge in [-0.25, -0.2) is 24.2 Å². The van der Waals surface area contributed by atoms with E-state index in [2.05, 4.69) is 302 Å². The highest BCUT2D eigenvalue weighted by Gasteiger charge is 2.23. The first-order chi connectivity index (χ1) is 50.1. The van der Waals surface area contributed by atoms with Crippen molar-refractivity contribution in [1.82, 2.24) is 95.0 Å². The molecule has 27 nitrogen and oxygen atoms in total. The van der Waals surface area contributed by atoms with Crippen molar-refractivity contribution in [2.75, 3.05) is 14.1 Å². The van der Waals surface area contributed by atoms with Gasteiger partial charge in [-0.05, 0) is 27.8 Å². The van der Waals surface area contributed by atoms with Crippen LogP contribution < -0.4 is 19.6 Å². The third kappa shape index (κ3) is 50.2. The van der Waals surface area contributed by atoms with Crippen molar-refractivity contribution in [3.8, 4) is 5.88 Å². The fourth-order valence-electron chi connectivity index (χ4n) is 7.19. The third-order valence-corrected chi connectivity index (χ3v) is 20.8. The fraction of sp³-hybridized carbons (Fsp3) is 0.595. The van der Waals surface area contributed by atoms with Crippen molar-refractivity contribution >= 4 is 135 Å². The van der Waals surface area contributed by atoms with E-state index in [4.69, 9.17) is 16.2 Å². The Bertz CT molecular complexity index is 4070. The molecule has 110 heavy (non-hydrogen) atoms. The maximum atomic E-state index is 11.9. The standard InChI is InChI=1S/C12H18N2OS.C10H14N4OS.2C10H16NS.C9H14N2O2S.C7H13N3S.C6H12N4S.C5H10N4S.C5H12N2S/c1-12(2,3)16-10-6-7-13-8-9(10)11(15)14(4)5;1-10(2,3)16-9-12-6-4-11-7(5-15)13-8(6)14-9;1-10(2,3)12-9-5-7-11(4)8-6-9;1-10(2,3)12-9-7-5-6-8-11(9)4;1-9(2,3)14-8-10-7(13-6-12)5-11(8)4;1-7(2,3)11-6-9-8-5-10(6)4;1-6(2,3)11-5-7-8-9-10(5)4;1-5(2,3)10-4-6-8-9-7-4;1-5(2,3)8-4(6)7/h6-8H,1-5H3;4,15H,5H2,1-3H3,(H,11,12,13,14);2*5-8H,1-4H3;5-6H,1-4H3;5H,1-4H3;1-4H3;1-3H3,(H,6,7,8,9);1-3H3,(H3,6,7)/q;;2*+1;;;;;. The Hall–Kier alpha value is -5.99. The Balaban J connectivity index is 0.000000623. The average molecular weight is 1690 g/mol. The number of tetrazole rings is 2. The van der Waals surface area contributed by atoms with Gasteiger partial charge in [-0.1, -0.05) is 269 Å². The molecule has 0 bridgehead atoms. The second kappa shape index (κ2) is 46.4. The second-order valence-electron chi connectivity index (χ2n) is 33.1. The van der Waals surface area contributed by atoms with Crippen molar-refractivity contribution in [1.29, 1.82) is 5.41 Å². The van der Waals surface area contributed by atoms with Crippen LogP contribution in [0.4, 0.5) is 0 Å². The van der Waals surface area contributed by atoms with Crippen molar-refractivity contribution in [3.63, 3.8) is 0 Å². The molecule has 0 fully saturated rings. The molecular weight excluding hydrogens is 1560 g/mol. The predicted molar refractivity (Wildman–Crippen MR) is 463 cm³/mol. The zero-order valence-corrected chi connectivity index (χ0v) is 78.6. The number of hydrogen-bond acceptors (Lipinski definition) is 27. The summed E-state index contributed by atoms with van der Waals surface area (Å²) in [6, 6.07) is 12.5. The largest absolute Gasteiger partial charge is 0.408 e. The van der Waals surface area contributed by atoms with E-state index in [-0.39, 0.29) is 50.9 Å². The number of fused-ring (bicyclic) bond motifs is 1. The molecule has 9 aromatic heterocycles. The number of aliphatic hydroxyl groups excluding tert-OH is 1. The molecule has 36 heteroatoms. The van der Waals surface area contributed by atoms with E-state index in [1.165, 1.54) is 21.7 Å². The number of ether oxygens (including phenoxy) is 1. The molecule has 1 amide bonds. The highest BCUT2D eigenvalue weighted by atomic mass is 32.2. The van der Waals surface area contributed by atoms with Crippen LogP contribution in [0.15, 0.2) is 127 Å². The summed E-state index contributed by atoms with van der Waals surface area (Å²) in [5.74, 6) is 0.736. The van der Waals surface area contributed by atoms with Gasteiger partial charge >= 0.3 is 0 Å². The van der Waals surface area contributed by atoms with E-state index in [9.17, 15) is 9.59 Å². The topological polar surface area (TPSA) is 338 Å². The zero-order valence-electron chi connectivity index (χ0n) is 71.3. The van der Waals surface area contributed by atoms with Crippen molar-refractivity contribution in [3.05, 3.63) is 97.5 Å². The maximum Gasteiger partial charge on any atom is 0.299 e. The summed E-state index contributed by atoms with van der Waals surface area (Å²) in [5.41, 5.74) is 7.20. The minimum Gasteiger partial charge on any atom is -0.408 e. The van der Waals surface area contributed by atoms with Crippen LogP contribution in [0.1, 0.15) is 203 Å². The SMILES string of the molecule is CC(C)(C)SC(=N)N.CC(C)(C)Sc1nc2nc(CO)ncc2[nH]1.CC(C)(C)Sc1nn[nH]n1.CN(C)C(=O)c1cnccc1SC(C)(C)C.C[n+]1ccc(SC(C)(C)C)cc1.C[n+]1ccccc1SC(C)(C)C.Cn1cc(OC=O)nc1SC(C)(C)C.Cn1cnnc1SC(C)(C)C.Cn1nnnc1SC(C)(C)C. The number of nitrogens with one attached hydrogen (secondary N) is 3. The molecule has 9 rings (SSSR count). The number of thioether (sulfide) groups is 9. The molecular formula is C74H125N23O4S9+2. The van der Waals surface area contributed by atoms with E-state index in [1.807, 2.05) is 98.3 Å². The molecule has 0 unspecified atom stereocenters. The zero-order chi connectivity index (χ0) is 84.6. The Morgan fingerprint density at radius 1 is 0.627 bits per heavy atom. The Morgan fingerprint density at radius 2 is 1.17 bits per heavy atom. The lowest BCUT2D eigenvalue weighted by atomic mass is 10.2. The normalized spacial score (nSPS) is 11.7. The summed E-state index contributed by atoms with van der Waals surface area (Å²) in [4.78, 5) is 49.7. The summed E-state index contributed by atoms with van der Waals surface area (Å²) in [6.07, 6.45) is 14.6. The number of nitrogens with zero attached hydrogens (tertiary/aromatic N) is 19. The van der Waals surface area contributed by atoms with Crippen LogP contribution in [0.2, 0.25) is 0 Å². The highest BCUT2D eigenvalue weighted by Crippen LogP contribution is 2.37. The quantitative estimate of drug-likeness (QED) is 0.0249. The fourth-order valence-corrected chi connectivity index (χ4v) is 14.9. The Labute approximate surface area is 693 Å². The first kappa shape index (κ1) is 102. The number of aryl methyl sites for hydroxylation is 5. The van der Waals surface area contributed by atoms with Crippen molar-refractivity contribution < 1.29 is 28.6 Å². The number of aromatic amines is 2. The number of pyridine rings is 3. The smallest absolute Gasteiger partial charge is 0.299 e. The van der Waals surface area contributed by atoms with Crippen LogP contribution in [0, 0.1) is 5.41 Å². The summed E-state index contributed by atoms with van der Waals surface area (Å²) in [5, 5.41) is 53.9. The molecule has 0 saturated heterocycles. The number of amides is 1. The minimum atomic E-state index is -0.162. The third-order valence-electron chi connectivity index (χ3n) is 11.0. The van der Waals surface area contributed by atoms with Gasteiger partial charge in [0, 0.05) is 124 Å². The lowest BCUT2D eigenvalue weighted by Gasteiger charge is -2.20. The van der Waals surface area contributed by atoms with Gasteiger partial charge in [0.05, 0.1) is 18.0 Å². The molecule has 0 aromatic carbocycles. The van der Waals surface area contributed by atoms with Gasteiger partial charge in [0.15, 0.2) is 50.7 Å². The van der Waals surface area contributed by atoms with Crippen LogP contribution >= 0.6 is 106 Å². The molecule has 9 heterocycles. The number of aliphatic hydroxyl groups is 1. The van der Waals surface area contributed by atoms with E-state index >= 15 is 0 Å². The molecule has 0 atom stereocenters. The van der Waals surface area contributed by atoms with Crippen LogP contribution in [0.5, 0.6) is 5.88 Å². The predicted octanol–water partition coefficient (Wildman–Crippen LogP) is 16.4. The lowest BCUT2D eigenvalue weighted by molar-refractivity contribution is -0.708. The van der Waals surface area contributed by atoms with E-state index in [0.717, 1.165) is 31.0 Å². The Morgan fingerprint density at radius 3 is 1.61 bits per heavy atom. The first-order valence-electron chi connectivity index (χ1n) is 35.0. The summed E-state index contributed by atoms with van der Waals surface area (Å²) in [6.45, 7) is 57.9. The Kier molecular flexibility index (Phi) is 43.0. The molecule has 0 aliphatic rings. The van der Waals surface area contributed by atoms with Gasteiger partial charge in [-0.15, -0.1) is 49.0 Å². The lowest BCUT2D eigenvalue weighted by Crippen LogP contribution is -2.31. The molecule has 0 saturated carbocycles. The molecule has 0 radical (unpaired) electrons. The first-order valence-corrected chi connectivity index (χ1v) is 42.4. The average Bonchev–Trinajstić information content (AvgIpc) is 1.63. The second-order valence-corrected chi connectivity index (χ2v) is 49.6. The molecule has 0 aliphatic carbocycles. The number of aromatic nitrogens is 20. The molecule has 612 valence electrons. The maximum absolute atomic E-state index is 11.9. The van der Waals surface area contributed by atoms with Crippen molar-refractivity contribution in [2.24, 2.45) is 41.0 Å². The van der Waals surface area contributed by atoms with Crippen LogP contribution in [0.3, 0.4) is 0 Å². The number of carbonyl (C=O) groups is 2. The van der Waals surface area contributed by atoms with E-state index in [1.54, 1.807) is 125 Å². The molecule has 0 aliphatic heterocycles. The molecule has 9 aromatic rings. The van der Waals surface area contributed by atoms with Gasteiger partial charge in [0.1, 0.15) is 32.5 Å². The molecule has 0 spiro atoms. The number of imidazole rings is 2. The monoisotopic (exact) mass is 1690 g/mol. The number of carbonyl (C=O) groups excluding carboxylic acids is 2. The summed E-state index contributed by atoms with van der Waals surface area (Å²) < 4.78 is 15.8. The summed E-state index contributed by atoms with van der Waals surface area (Å²) >= 11 is 15.1. The van der Waals surface area contributed by atoms with Crippen LogP contribution in [-0.4, -0.2) is 174 Å². The van der Waals surface area contributed by atoms with Crippen molar-refractivity contribution in [2.45, 2.75) is 277 Å². The van der Waals surface area contributed by atoms with Gasteiger partial charge in [0.25, 0.3) is 12.4 Å². The van der Waals surface area contributed by atoms with Gasteiger partial charge in [-0.2, -0.15) is 14.8 Å². The van der Waals surface area contributed by atoms with Gasteiger partial charge < -0.3 is 34.6 Å². The van der Waals surface area contributed by atoms with Gasteiger partial charge in [0.2, 0.25) is 21.2 Å². The van der Waals surface area contributed by atoms with E-state index in [0.29, 0.717) is 44.0 Å².